The maximum absolute atomic E-state index is 11.9. The minimum atomic E-state index is -0.276. The maximum atomic E-state index is 11.9. The number of para-hydroxylation sites is 1. The third kappa shape index (κ3) is 4.69. The van der Waals surface area contributed by atoms with Crippen LogP contribution in [0.25, 0.3) is 10.2 Å². The number of carbonyl (C=O) groups excluding carboxylic acids is 1. The van der Waals surface area contributed by atoms with Gasteiger partial charge in [-0.2, -0.15) is 0 Å². The molecule has 0 bridgehead atoms. The summed E-state index contributed by atoms with van der Waals surface area (Å²) in [7, 11) is 0. The van der Waals surface area contributed by atoms with Crippen LogP contribution >= 0.6 is 23.1 Å². The van der Waals surface area contributed by atoms with Crippen molar-refractivity contribution in [3.63, 3.8) is 0 Å². The van der Waals surface area contributed by atoms with Gasteiger partial charge in [0.15, 0.2) is 4.34 Å². The smallest absolute Gasteiger partial charge is 0.323 e. The minimum absolute atomic E-state index is 0.181. The zero-order valence-electron chi connectivity index (χ0n) is 12.3. The maximum Gasteiger partial charge on any atom is 0.323 e. The van der Waals surface area contributed by atoms with Gasteiger partial charge in [0.1, 0.15) is 6.04 Å². The van der Waals surface area contributed by atoms with Crippen molar-refractivity contribution in [3.05, 3.63) is 24.3 Å². The highest BCUT2D eigenvalue weighted by molar-refractivity contribution is 8.01. The number of rotatable bonds is 8. The van der Waals surface area contributed by atoms with E-state index in [0.29, 0.717) is 12.4 Å². The lowest BCUT2D eigenvalue weighted by Crippen LogP contribution is -2.40. The number of thiazole rings is 1. The summed E-state index contributed by atoms with van der Waals surface area (Å²) in [6.07, 6.45) is 0.988. The summed E-state index contributed by atoms with van der Waals surface area (Å²) in [6.45, 7) is 5.13. The van der Waals surface area contributed by atoms with Crippen molar-refractivity contribution < 1.29 is 9.53 Å². The first kappa shape index (κ1) is 16.3. The van der Waals surface area contributed by atoms with Gasteiger partial charge in [-0.1, -0.05) is 30.8 Å². The highest BCUT2D eigenvalue weighted by Crippen LogP contribution is 2.29. The normalized spacial score (nSPS) is 12.5. The quantitative estimate of drug-likeness (QED) is 0.596. The summed E-state index contributed by atoms with van der Waals surface area (Å²) in [6, 6.07) is 7.80. The lowest BCUT2D eigenvalue weighted by Gasteiger charge is -2.15. The molecule has 1 heterocycles. The van der Waals surface area contributed by atoms with E-state index in [4.69, 9.17) is 4.74 Å². The number of ether oxygens (including phenoxy) is 1. The third-order valence-electron chi connectivity index (χ3n) is 2.86. The SMILES string of the molecule is CCCNC(CSc1nc2ccccc2s1)C(=O)OCC. The Morgan fingerprint density at radius 2 is 2.24 bits per heavy atom. The Labute approximate surface area is 133 Å². The summed E-state index contributed by atoms with van der Waals surface area (Å²) in [5.41, 5.74) is 1.01. The highest BCUT2D eigenvalue weighted by Gasteiger charge is 2.19. The van der Waals surface area contributed by atoms with E-state index in [1.165, 1.54) is 4.70 Å². The second-order valence-electron chi connectivity index (χ2n) is 4.52. The van der Waals surface area contributed by atoms with Crippen LogP contribution in [0.5, 0.6) is 0 Å². The first-order chi connectivity index (χ1) is 10.2. The number of hydrogen-bond acceptors (Lipinski definition) is 6. The van der Waals surface area contributed by atoms with Crippen molar-refractivity contribution in [3.8, 4) is 0 Å². The van der Waals surface area contributed by atoms with Gasteiger partial charge < -0.3 is 10.1 Å². The molecule has 0 amide bonds. The molecular formula is C15H20N2O2S2. The molecule has 1 N–H and O–H groups in total. The molecule has 4 nitrogen and oxygen atoms in total. The molecule has 1 atom stereocenters. The first-order valence-electron chi connectivity index (χ1n) is 7.13. The van der Waals surface area contributed by atoms with Crippen molar-refractivity contribution in [1.82, 2.24) is 10.3 Å². The van der Waals surface area contributed by atoms with Gasteiger partial charge in [-0.15, -0.1) is 11.3 Å². The topological polar surface area (TPSA) is 51.2 Å². The van der Waals surface area contributed by atoms with E-state index in [1.807, 2.05) is 25.1 Å². The Balaban J connectivity index is 1.97. The largest absolute Gasteiger partial charge is 0.465 e. The predicted molar refractivity (Wildman–Crippen MR) is 89.1 cm³/mol. The van der Waals surface area contributed by atoms with Crippen LogP contribution in [0.1, 0.15) is 20.3 Å². The van der Waals surface area contributed by atoms with Gasteiger partial charge in [0.2, 0.25) is 0 Å². The zero-order valence-corrected chi connectivity index (χ0v) is 13.9. The van der Waals surface area contributed by atoms with Gasteiger partial charge in [0, 0.05) is 5.75 Å². The number of nitrogens with zero attached hydrogens (tertiary/aromatic N) is 1. The number of esters is 1. The van der Waals surface area contributed by atoms with Crippen molar-refractivity contribution in [2.45, 2.75) is 30.6 Å². The average Bonchev–Trinajstić information content (AvgIpc) is 2.90. The fourth-order valence-electron chi connectivity index (χ4n) is 1.84. The lowest BCUT2D eigenvalue weighted by atomic mass is 10.3. The Morgan fingerprint density at radius 3 is 2.95 bits per heavy atom. The standard InChI is InChI=1S/C15H20N2O2S2/c1-3-9-16-12(14(18)19-4-2)10-20-15-17-11-7-5-6-8-13(11)21-15/h5-8,12,16H,3-4,9-10H2,1-2H3. The molecule has 1 aromatic heterocycles. The molecule has 6 heteroatoms. The fourth-order valence-corrected chi connectivity index (χ4v) is 3.97. The number of hydrogen-bond donors (Lipinski definition) is 1. The molecule has 21 heavy (non-hydrogen) atoms. The molecule has 114 valence electrons. The van der Waals surface area contributed by atoms with E-state index in [2.05, 4.69) is 23.3 Å². The molecule has 0 saturated heterocycles. The Hall–Kier alpha value is -1.11. The van der Waals surface area contributed by atoms with Crippen LogP contribution in [0.4, 0.5) is 0 Å². The summed E-state index contributed by atoms with van der Waals surface area (Å²) >= 11 is 3.26. The van der Waals surface area contributed by atoms with Crippen molar-refractivity contribution in [2.24, 2.45) is 0 Å². The summed E-state index contributed by atoms with van der Waals surface area (Å²) in [5, 5.41) is 3.24. The van der Waals surface area contributed by atoms with Crippen LogP contribution in [0.15, 0.2) is 28.6 Å². The molecule has 0 aliphatic rings. The summed E-state index contributed by atoms with van der Waals surface area (Å²) < 4.78 is 7.28. The van der Waals surface area contributed by atoms with Crippen LogP contribution in [0.2, 0.25) is 0 Å². The van der Waals surface area contributed by atoms with Crippen LogP contribution in [-0.2, 0) is 9.53 Å². The van der Waals surface area contributed by atoms with E-state index in [1.54, 1.807) is 23.1 Å². The van der Waals surface area contributed by atoms with Crippen LogP contribution < -0.4 is 5.32 Å². The van der Waals surface area contributed by atoms with Crippen molar-refractivity contribution in [2.75, 3.05) is 18.9 Å². The van der Waals surface area contributed by atoms with Crippen LogP contribution in [0, 0.1) is 0 Å². The Kier molecular flexibility index (Phi) is 6.48. The average molecular weight is 324 g/mol. The van der Waals surface area contributed by atoms with Gasteiger partial charge in [0.05, 0.1) is 16.8 Å². The number of thioether (sulfide) groups is 1. The van der Waals surface area contributed by atoms with E-state index in [0.717, 1.165) is 22.8 Å². The highest BCUT2D eigenvalue weighted by atomic mass is 32.2. The monoisotopic (exact) mass is 324 g/mol. The van der Waals surface area contributed by atoms with Gasteiger partial charge in [-0.25, -0.2) is 4.98 Å². The summed E-state index contributed by atoms with van der Waals surface area (Å²) in [4.78, 5) is 16.5. The summed E-state index contributed by atoms with van der Waals surface area (Å²) in [5.74, 6) is 0.457. The number of fused-ring (bicyclic) bond motifs is 1. The number of carbonyl (C=O) groups is 1. The van der Waals surface area contributed by atoms with Crippen molar-refractivity contribution >= 4 is 39.3 Å². The van der Waals surface area contributed by atoms with E-state index < -0.39 is 0 Å². The van der Waals surface area contributed by atoms with Gasteiger partial charge in [-0.3, -0.25) is 4.79 Å². The predicted octanol–water partition coefficient (Wildman–Crippen LogP) is 3.32. The van der Waals surface area contributed by atoms with Gasteiger partial charge in [0.25, 0.3) is 0 Å². The second-order valence-corrected chi connectivity index (χ2v) is 6.82. The van der Waals surface area contributed by atoms with Gasteiger partial charge >= 0.3 is 5.97 Å². The zero-order chi connectivity index (χ0) is 15.1. The number of aromatic nitrogens is 1. The molecule has 0 saturated carbocycles. The van der Waals surface area contributed by atoms with E-state index in [-0.39, 0.29) is 12.0 Å². The van der Waals surface area contributed by atoms with Gasteiger partial charge in [-0.05, 0) is 32.0 Å². The molecule has 0 aliphatic heterocycles. The first-order valence-corrected chi connectivity index (χ1v) is 8.93. The Bertz CT molecular complexity index is 553. The third-order valence-corrected chi connectivity index (χ3v) is 5.13. The molecule has 0 fully saturated rings. The Morgan fingerprint density at radius 1 is 1.43 bits per heavy atom. The molecule has 2 aromatic rings. The molecular weight excluding hydrogens is 304 g/mol. The number of nitrogens with one attached hydrogen (secondary N) is 1. The lowest BCUT2D eigenvalue weighted by molar-refractivity contribution is -0.144. The van der Waals surface area contributed by atoms with Crippen molar-refractivity contribution in [1.29, 1.82) is 0 Å². The molecule has 2 rings (SSSR count). The van der Waals surface area contributed by atoms with Crippen LogP contribution in [0.3, 0.4) is 0 Å². The second kappa shape index (κ2) is 8.36. The van der Waals surface area contributed by atoms with E-state index >= 15 is 0 Å². The molecule has 0 spiro atoms. The molecule has 1 unspecified atom stereocenters. The fraction of sp³-hybridized carbons (Fsp3) is 0.467. The van der Waals surface area contributed by atoms with Crippen LogP contribution in [-0.4, -0.2) is 35.9 Å². The molecule has 0 aliphatic carbocycles. The van der Waals surface area contributed by atoms with E-state index in [9.17, 15) is 4.79 Å². The minimum Gasteiger partial charge on any atom is -0.465 e. The molecule has 0 radical (unpaired) electrons. The number of benzene rings is 1. The molecule has 1 aromatic carbocycles.